The number of rotatable bonds is 13. The first kappa shape index (κ1) is 42.3. The standard InChI is InChI=1S/C45H52ClN7O7S/c1-45(2)15-11-33(39(26-45)31-3-5-34(46)6-4-31)29-51-17-19-52(20-18-51)35-7-9-38(42(24-35)60-36-23-32-12-16-47-43(32)49-28-36)44(54)50-61(57,58)37-8-10-40(41(25-37)53(55)56)48-27-30-13-21-59-22-14-30/h3-10,12,16,23-25,28,30,43,47-49H,11,13-15,17-22,26-27,29H2,1-2H3,(H,50,54). The highest BCUT2D eigenvalue weighted by molar-refractivity contribution is 7.90. The maximum Gasteiger partial charge on any atom is 0.293 e. The van der Waals surface area contributed by atoms with Crippen LogP contribution in [-0.2, 0) is 14.8 Å². The molecule has 16 heteroatoms. The summed E-state index contributed by atoms with van der Waals surface area (Å²) in [6.07, 6.45) is 12.0. The molecule has 3 aromatic rings. The van der Waals surface area contributed by atoms with Gasteiger partial charge >= 0.3 is 0 Å². The number of hydrogen-bond acceptors (Lipinski definition) is 12. The minimum absolute atomic E-state index is 0.0152. The van der Waals surface area contributed by atoms with Crippen LogP contribution in [0, 0.1) is 21.4 Å². The van der Waals surface area contributed by atoms with Gasteiger partial charge in [0.15, 0.2) is 0 Å². The van der Waals surface area contributed by atoms with Crippen molar-refractivity contribution < 1.29 is 27.6 Å². The van der Waals surface area contributed by atoms with Crippen LogP contribution in [0.2, 0.25) is 5.02 Å². The number of piperazine rings is 1. The van der Waals surface area contributed by atoms with E-state index < -0.39 is 31.4 Å². The molecular weight excluding hydrogens is 818 g/mol. The molecule has 4 aliphatic heterocycles. The van der Waals surface area contributed by atoms with Gasteiger partial charge in [-0.05, 0) is 115 Å². The average Bonchev–Trinajstić information content (AvgIpc) is 3.72. The van der Waals surface area contributed by atoms with E-state index in [0.29, 0.717) is 25.5 Å². The lowest BCUT2D eigenvalue weighted by atomic mass is 9.72. The Morgan fingerprint density at radius 1 is 1.03 bits per heavy atom. The Balaban J connectivity index is 0.994. The second-order valence-electron chi connectivity index (χ2n) is 17.1. The molecule has 1 unspecified atom stereocenters. The molecular formula is C45H52ClN7O7S. The van der Waals surface area contributed by atoms with Gasteiger partial charge in [0.05, 0.1) is 15.4 Å². The SMILES string of the molecule is CC1(C)CCC(CN2CCN(c3ccc(C(=O)NS(=O)(=O)c4ccc(NCC5CCOCC5)c([N+](=O)[O-])c4)c(OC4=CNC5NC=CC5=C4)c3)CC2)=C(c2ccc(Cl)cc2)C1. The molecule has 0 radical (unpaired) electrons. The number of nitrogens with one attached hydrogen (secondary N) is 4. The van der Waals surface area contributed by atoms with Crippen molar-refractivity contribution in [2.45, 2.75) is 57.0 Å². The number of carbonyl (C=O) groups excluding carboxylic acids is 1. The van der Waals surface area contributed by atoms with Crippen molar-refractivity contribution in [3.05, 3.63) is 128 Å². The molecule has 0 spiro atoms. The lowest BCUT2D eigenvalue weighted by Crippen LogP contribution is -2.47. The Bertz CT molecular complexity index is 2400. The summed E-state index contributed by atoms with van der Waals surface area (Å²) in [6, 6.07) is 16.9. The highest BCUT2D eigenvalue weighted by Gasteiger charge is 2.31. The zero-order chi connectivity index (χ0) is 42.7. The molecule has 14 nitrogen and oxygen atoms in total. The summed E-state index contributed by atoms with van der Waals surface area (Å²) in [5, 5.41) is 22.3. The zero-order valence-electron chi connectivity index (χ0n) is 34.4. The van der Waals surface area contributed by atoms with E-state index in [0.717, 1.165) is 87.2 Å². The van der Waals surface area contributed by atoms with E-state index in [4.69, 9.17) is 21.1 Å². The highest BCUT2D eigenvalue weighted by Crippen LogP contribution is 2.43. The summed E-state index contributed by atoms with van der Waals surface area (Å²) in [4.78, 5) is 29.7. The Morgan fingerprint density at radius 2 is 1.80 bits per heavy atom. The van der Waals surface area contributed by atoms with Crippen LogP contribution in [0.4, 0.5) is 17.1 Å². The number of nitrogens with zero attached hydrogens (tertiary/aromatic N) is 3. The van der Waals surface area contributed by atoms with Crippen molar-refractivity contribution in [2.24, 2.45) is 11.3 Å². The van der Waals surface area contributed by atoms with Crippen molar-refractivity contribution in [1.29, 1.82) is 0 Å². The summed E-state index contributed by atoms with van der Waals surface area (Å²) in [7, 11) is -4.54. The van der Waals surface area contributed by atoms with Crippen LogP contribution in [0.25, 0.3) is 5.57 Å². The molecule has 0 saturated carbocycles. The number of fused-ring (bicyclic) bond motifs is 1. The van der Waals surface area contributed by atoms with E-state index >= 15 is 0 Å². The number of nitro groups is 1. The monoisotopic (exact) mass is 869 g/mol. The molecule has 1 aliphatic carbocycles. The van der Waals surface area contributed by atoms with E-state index in [9.17, 15) is 23.3 Å². The minimum Gasteiger partial charge on any atom is -0.455 e. The van der Waals surface area contributed by atoms with Crippen LogP contribution < -0.4 is 30.3 Å². The molecule has 2 fully saturated rings. The van der Waals surface area contributed by atoms with Gasteiger partial charge in [0, 0.05) is 81.5 Å². The molecule has 322 valence electrons. The fraction of sp³-hybridized carbons (Fsp3) is 0.400. The van der Waals surface area contributed by atoms with Gasteiger partial charge in [-0.25, -0.2) is 13.1 Å². The summed E-state index contributed by atoms with van der Waals surface area (Å²) >= 11 is 6.24. The van der Waals surface area contributed by atoms with Gasteiger partial charge in [-0.15, -0.1) is 0 Å². The molecule has 8 rings (SSSR count). The third-order valence-electron chi connectivity index (χ3n) is 12.2. The lowest BCUT2D eigenvalue weighted by molar-refractivity contribution is -0.384. The quantitative estimate of drug-likeness (QED) is 0.101. The van der Waals surface area contributed by atoms with Gasteiger partial charge in [0.25, 0.3) is 21.6 Å². The van der Waals surface area contributed by atoms with Crippen LogP contribution in [0.5, 0.6) is 5.75 Å². The number of carbonyl (C=O) groups is 1. The van der Waals surface area contributed by atoms with Gasteiger partial charge in [-0.1, -0.05) is 43.2 Å². The van der Waals surface area contributed by atoms with Crippen LogP contribution in [-0.4, -0.2) is 82.8 Å². The minimum atomic E-state index is -4.54. The molecule has 1 amide bonds. The van der Waals surface area contributed by atoms with E-state index in [1.807, 2.05) is 30.5 Å². The molecule has 0 bridgehead atoms. The van der Waals surface area contributed by atoms with Gasteiger partial charge in [0.1, 0.15) is 23.4 Å². The predicted octanol–water partition coefficient (Wildman–Crippen LogP) is 7.18. The van der Waals surface area contributed by atoms with Crippen LogP contribution in [0.15, 0.2) is 107 Å². The van der Waals surface area contributed by atoms with Crippen LogP contribution in [0.3, 0.4) is 0 Å². The number of amides is 1. The number of nitro benzene ring substituents is 1. The van der Waals surface area contributed by atoms with Crippen LogP contribution >= 0.6 is 11.6 Å². The fourth-order valence-corrected chi connectivity index (χ4v) is 9.68. The first-order chi connectivity index (χ1) is 29.3. The van der Waals surface area contributed by atoms with Gasteiger partial charge in [-0.2, -0.15) is 0 Å². The van der Waals surface area contributed by atoms with E-state index in [-0.39, 0.29) is 34.5 Å². The fourth-order valence-electron chi connectivity index (χ4n) is 8.56. The van der Waals surface area contributed by atoms with Crippen molar-refractivity contribution in [3.8, 4) is 5.75 Å². The first-order valence-electron chi connectivity index (χ1n) is 20.8. The number of anilines is 2. The van der Waals surface area contributed by atoms with Crippen molar-refractivity contribution in [2.75, 3.05) is 62.7 Å². The Kier molecular flexibility index (Phi) is 12.5. The molecule has 5 aliphatic rings. The third-order valence-corrected chi connectivity index (χ3v) is 13.7. The Morgan fingerprint density at radius 3 is 2.56 bits per heavy atom. The number of dihydropyridines is 1. The lowest BCUT2D eigenvalue weighted by Gasteiger charge is -2.39. The maximum atomic E-state index is 13.9. The molecule has 4 heterocycles. The second-order valence-corrected chi connectivity index (χ2v) is 19.2. The molecule has 61 heavy (non-hydrogen) atoms. The molecule has 3 aromatic carbocycles. The molecule has 1 atom stereocenters. The van der Waals surface area contributed by atoms with E-state index in [2.05, 4.69) is 56.5 Å². The zero-order valence-corrected chi connectivity index (χ0v) is 36.0. The molecule has 2 saturated heterocycles. The van der Waals surface area contributed by atoms with Crippen LogP contribution in [0.1, 0.15) is 61.9 Å². The largest absolute Gasteiger partial charge is 0.455 e. The van der Waals surface area contributed by atoms with Crippen molar-refractivity contribution >= 4 is 50.2 Å². The molecule has 0 aromatic heterocycles. The summed E-state index contributed by atoms with van der Waals surface area (Å²) < 4.78 is 41.2. The average molecular weight is 870 g/mol. The smallest absolute Gasteiger partial charge is 0.293 e. The predicted molar refractivity (Wildman–Crippen MR) is 237 cm³/mol. The van der Waals surface area contributed by atoms with Gasteiger partial charge in [-0.3, -0.25) is 19.8 Å². The summed E-state index contributed by atoms with van der Waals surface area (Å²) in [5.41, 5.74) is 5.88. The second kappa shape index (κ2) is 17.9. The van der Waals surface area contributed by atoms with Crippen molar-refractivity contribution in [3.63, 3.8) is 0 Å². The Hall–Kier alpha value is -5.35. The topological polar surface area (TPSA) is 167 Å². The number of hydrogen-bond donors (Lipinski definition) is 4. The normalized spacial score (nSPS) is 20.5. The summed E-state index contributed by atoms with van der Waals surface area (Å²) in [6.45, 7) is 10.4. The maximum absolute atomic E-state index is 13.9. The van der Waals surface area contributed by atoms with E-state index in [1.165, 1.54) is 28.8 Å². The summed E-state index contributed by atoms with van der Waals surface area (Å²) in [5.74, 6) is -0.0708. The number of allylic oxidation sites excluding steroid dienone is 2. The first-order valence-corrected chi connectivity index (χ1v) is 22.7. The number of halogens is 1. The number of sulfonamides is 1. The van der Waals surface area contributed by atoms with E-state index in [1.54, 1.807) is 24.4 Å². The molecule has 4 N–H and O–H groups in total. The van der Waals surface area contributed by atoms with Gasteiger partial charge < -0.3 is 30.3 Å². The number of benzene rings is 3. The number of ether oxygens (including phenoxy) is 2. The van der Waals surface area contributed by atoms with Crippen molar-refractivity contribution in [1.82, 2.24) is 20.3 Å². The Labute approximate surface area is 361 Å². The van der Waals surface area contributed by atoms with Gasteiger partial charge in [0.2, 0.25) is 0 Å². The highest BCUT2D eigenvalue weighted by atomic mass is 35.5. The third kappa shape index (κ3) is 10.1.